The summed E-state index contributed by atoms with van der Waals surface area (Å²) in [6.07, 6.45) is 2.02. The first-order valence-corrected chi connectivity index (χ1v) is 7.12. The minimum absolute atomic E-state index is 0.0681. The highest BCUT2D eigenvalue weighted by molar-refractivity contribution is 9.10. The number of pyridine rings is 1. The van der Waals surface area contributed by atoms with Crippen LogP contribution in [0, 0.1) is 0 Å². The van der Waals surface area contributed by atoms with Crippen LogP contribution in [0.4, 0.5) is 0 Å². The van der Waals surface area contributed by atoms with Gasteiger partial charge in [0.1, 0.15) is 4.60 Å². The Morgan fingerprint density at radius 2 is 2.06 bits per heavy atom. The summed E-state index contributed by atoms with van der Waals surface area (Å²) >= 11 is 3.18. The average Bonchev–Trinajstić information content (AvgIpc) is 2.66. The molecule has 0 spiro atoms. The summed E-state index contributed by atoms with van der Waals surface area (Å²) in [7, 11) is -0.932. The number of aldehydes is 1. The molecule has 0 fully saturated rings. The van der Waals surface area contributed by atoms with Crippen molar-refractivity contribution in [3.63, 3.8) is 0 Å². The molecular formula is C10H10BrN3O3S. The van der Waals surface area contributed by atoms with Crippen molar-refractivity contribution >= 4 is 43.3 Å². The van der Waals surface area contributed by atoms with Crippen LogP contribution in [-0.4, -0.2) is 42.1 Å². The second kappa shape index (κ2) is 4.45. The van der Waals surface area contributed by atoms with Crippen LogP contribution in [0.25, 0.3) is 10.9 Å². The zero-order chi connectivity index (χ0) is 13.5. The van der Waals surface area contributed by atoms with Crippen molar-refractivity contribution in [2.24, 2.45) is 0 Å². The van der Waals surface area contributed by atoms with Gasteiger partial charge in [0.15, 0.2) is 6.29 Å². The lowest BCUT2D eigenvalue weighted by atomic mass is 10.3. The highest BCUT2D eigenvalue weighted by atomic mass is 79.9. The molecule has 2 rings (SSSR count). The van der Waals surface area contributed by atoms with Crippen molar-refractivity contribution in [2.75, 3.05) is 14.1 Å². The van der Waals surface area contributed by atoms with Crippen molar-refractivity contribution in [1.29, 1.82) is 0 Å². The number of nitrogens with zero attached hydrogens (tertiary/aromatic N) is 3. The zero-order valence-electron chi connectivity index (χ0n) is 9.66. The lowest BCUT2D eigenvalue weighted by molar-refractivity contribution is 0.111. The Hall–Kier alpha value is -1.25. The third kappa shape index (κ3) is 1.96. The summed E-state index contributed by atoms with van der Waals surface area (Å²) in [6, 6.07) is 3.05. The largest absolute Gasteiger partial charge is 0.308 e. The van der Waals surface area contributed by atoms with Crippen LogP contribution in [0.1, 0.15) is 10.5 Å². The zero-order valence-corrected chi connectivity index (χ0v) is 12.1. The van der Waals surface area contributed by atoms with Crippen molar-refractivity contribution in [3.05, 3.63) is 28.6 Å². The highest BCUT2D eigenvalue weighted by Gasteiger charge is 2.22. The molecule has 2 heterocycles. The Labute approximate surface area is 113 Å². The molecule has 0 N–H and O–H groups in total. The normalized spacial score (nSPS) is 12.2. The van der Waals surface area contributed by atoms with Gasteiger partial charge in [0, 0.05) is 25.7 Å². The van der Waals surface area contributed by atoms with Crippen molar-refractivity contribution < 1.29 is 13.2 Å². The fraction of sp³-hybridized carbons (Fsp3) is 0.200. The van der Waals surface area contributed by atoms with Crippen LogP contribution in [0.2, 0.25) is 0 Å². The van der Waals surface area contributed by atoms with Gasteiger partial charge in [-0.05, 0) is 28.1 Å². The Morgan fingerprint density at radius 1 is 1.39 bits per heavy atom. The van der Waals surface area contributed by atoms with Gasteiger partial charge in [0.25, 0.3) is 0 Å². The van der Waals surface area contributed by atoms with E-state index < -0.39 is 10.2 Å². The molecule has 96 valence electrons. The molecule has 2 aromatic heterocycles. The lowest BCUT2D eigenvalue weighted by Gasteiger charge is -2.14. The summed E-state index contributed by atoms with van der Waals surface area (Å²) in [6.45, 7) is 0. The molecule has 2 aromatic rings. The number of aromatic nitrogens is 2. The molecule has 0 aliphatic carbocycles. The SMILES string of the molecule is CN(C)S(=O)(=O)n1c(C=O)cc2cnc(Br)cc21. The summed E-state index contributed by atoms with van der Waals surface area (Å²) in [5.41, 5.74) is 0.478. The first-order chi connectivity index (χ1) is 8.37. The number of hydrogen-bond acceptors (Lipinski definition) is 4. The van der Waals surface area contributed by atoms with Gasteiger partial charge in [-0.25, -0.2) is 8.96 Å². The van der Waals surface area contributed by atoms with E-state index in [1.807, 2.05) is 0 Å². The van der Waals surface area contributed by atoms with E-state index in [0.717, 1.165) is 8.28 Å². The number of carbonyl (C=O) groups excluding carboxylic acids is 1. The van der Waals surface area contributed by atoms with Gasteiger partial charge in [-0.1, -0.05) is 0 Å². The number of halogens is 1. The number of rotatable bonds is 3. The van der Waals surface area contributed by atoms with Gasteiger partial charge in [0.2, 0.25) is 0 Å². The van der Waals surface area contributed by atoms with E-state index in [4.69, 9.17) is 0 Å². The number of fused-ring (bicyclic) bond motifs is 1. The van der Waals surface area contributed by atoms with E-state index in [1.54, 1.807) is 6.07 Å². The van der Waals surface area contributed by atoms with Crippen LogP contribution in [-0.2, 0) is 10.2 Å². The molecule has 8 heteroatoms. The van der Waals surface area contributed by atoms with Gasteiger partial charge in [0.05, 0.1) is 11.2 Å². The molecule has 0 saturated carbocycles. The number of hydrogen-bond donors (Lipinski definition) is 0. The summed E-state index contributed by atoms with van der Waals surface area (Å²) in [5, 5.41) is 0.589. The van der Waals surface area contributed by atoms with Crippen LogP contribution >= 0.6 is 15.9 Å². The van der Waals surface area contributed by atoms with Crippen LogP contribution < -0.4 is 0 Å². The van der Waals surface area contributed by atoms with E-state index in [9.17, 15) is 13.2 Å². The van der Waals surface area contributed by atoms with Crippen LogP contribution in [0.5, 0.6) is 0 Å². The molecule has 0 bridgehead atoms. The van der Waals surface area contributed by atoms with Gasteiger partial charge >= 0.3 is 10.2 Å². The standard InChI is InChI=1S/C10H10BrN3O3S/c1-13(2)18(16,17)14-8(6-15)3-7-5-12-10(11)4-9(7)14/h3-6H,1-2H3. The molecule has 0 aliphatic heterocycles. The van der Waals surface area contributed by atoms with E-state index in [2.05, 4.69) is 20.9 Å². The lowest BCUT2D eigenvalue weighted by Crippen LogP contribution is -2.29. The minimum Gasteiger partial charge on any atom is -0.296 e. The number of carbonyl (C=O) groups is 1. The van der Waals surface area contributed by atoms with Gasteiger partial charge < -0.3 is 0 Å². The van der Waals surface area contributed by atoms with Gasteiger partial charge in [-0.2, -0.15) is 12.7 Å². The quantitative estimate of drug-likeness (QED) is 0.627. The second-order valence-corrected chi connectivity index (χ2v) is 6.61. The molecular weight excluding hydrogens is 322 g/mol. The molecule has 0 saturated heterocycles. The Bertz CT molecular complexity index is 721. The Morgan fingerprint density at radius 3 is 2.61 bits per heavy atom. The van der Waals surface area contributed by atoms with E-state index >= 15 is 0 Å². The maximum Gasteiger partial charge on any atom is 0.308 e. The first kappa shape index (κ1) is 13.2. The minimum atomic E-state index is -3.75. The fourth-order valence-corrected chi connectivity index (χ4v) is 2.99. The van der Waals surface area contributed by atoms with Crippen LogP contribution in [0.15, 0.2) is 22.9 Å². The molecule has 0 amide bonds. The topological polar surface area (TPSA) is 72.3 Å². The summed E-state index contributed by atoms with van der Waals surface area (Å²) < 4.78 is 26.9. The molecule has 0 aromatic carbocycles. The summed E-state index contributed by atoms with van der Waals surface area (Å²) in [4.78, 5) is 15.0. The smallest absolute Gasteiger partial charge is 0.296 e. The average molecular weight is 332 g/mol. The molecule has 0 aliphatic rings. The maximum absolute atomic E-state index is 12.2. The van der Waals surface area contributed by atoms with E-state index in [1.165, 1.54) is 26.4 Å². The highest BCUT2D eigenvalue weighted by Crippen LogP contribution is 2.23. The third-order valence-corrected chi connectivity index (χ3v) is 4.67. The van der Waals surface area contributed by atoms with Crippen molar-refractivity contribution in [2.45, 2.75) is 0 Å². The Kier molecular flexibility index (Phi) is 3.26. The van der Waals surface area contributed by atoms with Gasteiger partial charge in [-0.3, -0.25) is 4.79 Å². The monoisotopic (exact) mass is 331 g/mol. The third-order valence-electron chi connectivity index (χ3n) is 2.45. The molecule has 6 nitrogen and oxygen atoms in total. The van der Waals surface area contributed by atoms with Crippen molar-refractivity contribution in [3.8, 4) is 0 Å². The summed E-state index contributed by atoms with van der Waals surface area (Å²) in [5.74, 6) is 0. The van der Waals surface area contributed by atoms with Gasteiger partial charge in [-0.15, -0.1) is 0 Å². The molecule has 0 radical (unpaired) electrons. The fourth-order valence-electron chi connectivity index (χ4n) is 1.58. The van der Waals surface area contributed by atoms with E-state index in [0.29, 0.717) is 21.8 Å². The molecule has 18 heavy (non-hydrogen) atoms. The Balaban J connectivity index is 2.91. The van der Waals surface area contributed by atoms with E-state index in [-0.39, 0.29) is 5.69 Å². The molecule has 0 atom stereocenters. The molecule has 0 unspecified atom stereocenters. The first-order valence-electron chi connectivity index (χ1n) is 4.93. The second-order valence-electron chi connectivity index (χ2n) is 3.81. The van der Waals surface area contributed by atoms with Crippen molar-refractivity contribution in [1.82, 2.24) is 13.3 Å². The van der Waals surface area contributed by atoms with Crippen LogP contribution in [0.3, 0.4) is 0 Å². The predicted molar refractivity (Wildman–Crippen MR) is 70.8 cm³/mol. The maximum atomic E-state index is 12.2. The predicted octanol–water partition coefficient (Wildman–Crippen LogP) is 1.27.